The van der Waals surface area contributed by atoms with Crippen LogP contribution in [0.5, 0.6) is 5.75 Å². The van der Waals surface area contributed by atoms with Crippen LogP contribution in [0.3, 0.4) is 0 Å². The van der Waals surface area contributed by atoms with Crippen molar-refractivity contribution in [1.82, 2.24) is 30.3 Å². The first kappa shape index (κ1) is 33.8. The molecule has 13 nitrogen and oxygen atoms in total. The van der Waals surface area contributed by atoms with Gasteiger partial charge in [-0.2, -0.15) is 4.98 Å². The predicted octanol–water partition coefficient (Wildman–Crippen LogP) is 5.33. The first-order valence-corrected chi connectivity index (χ1v) is 15.8. The second kappa shape index (κ2) is 14.5. The molecule has 0 radical (unpaired) electrons. The monoisotopic (exact) mass is 657 g/mol. The molecule has 2 atom stereocenters. The largest absolute Gasteiger partial charge is 0.481 e. The fourth-order valence-electron chi connectivity index (χ4n) is 5.69. The van der Waals surface area contributed by atoms with Crippen molar-refractivity contribution in [3.63, 3.8) is 0 Å². The van der Waals surface area contributed by atoms with Crippen molar-refractivity contribution in [2.24, 2.45) is 0 Å². The van der Waals surface area contributed by atoms with E-state index in [1.54, 1.807) is 25.7 Å². The van der Waals surface area contributed by atoms with E-state index in [0.29, 0.717) is 62.3 Å². The van der Waals surface area contributed by atoms with Gasteiger partial charge in [0, 0.05) is 38.0 Å². The molecule has 0 saturated carbocycles. The van der Waals surface area contributed by atoms with E-state index < -0.39 is 35.3 Å². The second-order valence-corrected chi connectivity index (χ2v) is 13.0. The molecule has 5 rings (SSSR count). The number of benzene rings is 1. The molecule has 254 valence electrons. The smallest absolute Gasteiger partial charge is 0.410 e. The summed E-state index contributed by atoms with van der Waals surface area (Å²) in [6.45, 7) is 10.7. The quantitative estimate of drug-likeness (QED) is 0.336. The summed E-state index contributed by atoms with van der Waals surface area (Å²) in [6.07, 6.45) is 3.70. The van der Waals surface area contributed by atoms with Gasteiger partial charge in [-0.15, -0.1) is 0 Å². The Balaban J connectivity index is 1.17. The molecular weight excluding hydrogens is 616 g/mol. The molecular formula is C32H41F2N7O6. The van der Waals surface area contributed by atoms with E-state index in [1.807, 2.05) is 18.7 Å². The number of hydrogen-bond donors (Lipinski definition) is 1. The van der Waals surface area contributed by atoms with Gasteiger partial charge in [0.1, 0.15) is 17.2 Å². The van der Waals surface area contributed by atoms with Gasteiger partial charge in [-0.1, -0.05) is 5.16 Å². The summed E-state index contributed by atoms with van der Waals surface area (Å²) in [4.78, 5) is 41.7. The number of aromatic nitrogens is 4. The van der Waals surface area contributed by atoms with Crippen molar-refractivity contribution < 1.29 is 37.1 Å². The molecule has 15 heteroatoms. The number of hydrogen-bond acceptors (Lipinski definition) is 11. The Morgan fingerprint density at radius 1 is 1.09 bits per heavy atom. The highest BCUT2D eigenvalue weighted by Crippen LogP contribution is 2.33. The van der Waals surface area contributed by atoms with E-state index in [9.17, 15) is 18.4 Å². The van der Waals surface area contributed by atoms with E-state index in [2.05, 4.69) is 25.4 Å². The van der Waals surface area contributed by atoms with Crippen LogP contribution in [-0.2, 0) is 16.1 Å². The third kappa shape index (κ3) is 9.04. The van der Waals surface area contributed by atoms with Gasteiger partial charge in [-0.3, -0.25) is 0 Å². The number of nitrogens with one attached hydrogen (secondary N) is 1. The fraction of sp³-hybridized carbons (Fsp3) is 0.562. The van der Waals surface area contributed by atoms with Gasteiger partial charge in [-0.25, -0.2) is 28.3 Å². The van der Waals surface area contributed by atoms with Gasteiger partial charge >= 0.3 is 12.2 Å². The highest BCUT2D eigenvalue weighted by atomic mass is 19.1. The minimum atomic E-state index is -0.734. The minimum absolute atomic E-state index is 0.0156. The maximum absolute atomic E-state index is 14.8. The van der Waals surface area contributed by atoms with Crippen LogP contribution in [0.25, 0.3) is 0 Å². The van der Waals surface area contributed by atoms with E-state index in [-0.39, 0.29) is 36.8 Å². The van der Waals surface area contributed by atoms with Gasteiger partial charge in [0.2, 0.25) is 5.95 Å². The average molecular weight is 658 g/mol. The zero-order chi connectivity index (χ0) is 33.7. The maximum Gasteiger partial charge on any atom is 0.410 e. The molecule has 0 aliphatic carbocycles. The molecule has 2 amide bonds. The first-order valence-electron chi connectivity index (χ1n) is 15.8. The summed E-state index contributed by atoms with van der Waals surface area (Å²) in [5.74, 6) is 0.110. The standard InChI is InChI=1S/C32H41F2N7O6/c1-19(2)45-31(43)40-11-8-20(9-12-40)28-38-27(47-39-28)18-44-22-15-35-29(36-16-22)41-13-10-23(24-14-21(33)6-7-25(24)34)26(17-41)37-30(42)46-32(3,4)5/h6-7,14-16,19-20,23,26H,8-13,17-18H2,1-5H3,(H,37,42)/t23-,26+/m1/s1. The summed E-state index contributed by atoms with van der Waals surface area (Å²) in [7, 11) is 0. The van der Waals surface area contributed by atoms with Crippen LogP contribution in [0.2, 0.25) is 0 Å². The van der Waals surface area contributed by atoms with Gasteiger partial charge in [-0.05, 0) is 77.6 Å². The molecule has 2 aliphatic heterocycles. The van der Waals surface area contributed by atoms with Gasteiger partial charge in [0.25, 0.3) is 5.89 Å². The number of rotatable bonds is 8. The van der Waals surface area contributed by atoms with E-state index in [4.69, 9.17) is 18.7 Å². The number of ether oxygens (including phenoxy) is 3. The molecule has 1 aromatic carbocycles. The van der Waals surface area contributed by atoms with Gasteiger partial charge in [0.05, 0.1) is 24.5 Å². The lowest BCUT2D eigenvalue weighted by Crippen LogP contribution is -2.53. The van der Waals surface area contributed by atoms with Crippen LogP contribution in [-0.4, -0.2) is 81.1 Å². The summed E-state index contributed by atoms with van der Waals surface area (Å²) in [6, 6.07) is 2.72. The lowest BCUT2D eigenvalue weighted by atomic mass is 9.85. The van der Waals surface area contributed by atoms with Crippen LogP contribution >= 0.6 is 0 Å². The minimum Gasteiger partial charge on any atom is -0.481 e. The SMILES string of the molecule is CC(C)OC(=O)N1CCC(c2noc(COc3cnc(N4CC[C@H](c5cc(F)ccc5F)[C@@H](NC(=O)OC(C)(C)C)C4)nc3)n2)CC1. The maximum atomic E-state index is 14.8. The molecule has 0 unspecified atom stereocenters. The number of amides is 2. The van der Waals surface area contributed by atoms with Crippen LogP contribution in [0.15, 0.2) is 35.1 Å². The Morgan fingerprint density at radius 3 is 2.49 bits per heavy atom. The summed E-state index contributed by atoms with van der Waals surface area (Å²) >= 11 is 0. The van der Waals surface area contributed by atoms with E-state index >= 15 is 0 Å². The van der Waals surface area contributed by atoms with Crippen LogP contribution in [0, 0.1) is 11.6 Å². The topological polar surface area (TPSA) is 145 Å². The van der Waals surface area contributed by atoms with E-state index in [0.717, 1.165) is 12.1 Å². The van der Waals surface area contributed by atoms with Crippen molar-refractivity contribution in [3.8, 4) is 5.75 Å². The number of halogens is 2. The molecule has 4 heterocycles. The molecule has 1 N–H and O–H groups in total. The normalized spacial score (nSPS) is 19.1. The number of alkyl carbamates (subject to hydrolysis) is 1. The van der Waals surface area contributed by atoms with E-state index in [1.165, 1.54) is 18.5 Å². The Kier molecular flexibility index (Phi) is 10.4. The Labute approximate surface area is 272 Å². The summed E-state index contributed by atoms with van der Waals surface area (Å²) in [5, 5.41) is 6.95. The van der Waals surface area contributed by atoms with Crippen LogP contribution in [0.1, 0.15) is 83.0 Å². The number of piperidine rings is 2. The lowest BCUT2D eigenvalue weighted by molar-refractivity contribution is 0.0492. The van der Waals surface area contributed by atoms with Crippen molar-refractivity contribution in [3.05, 3.63) is 59.5 Å². The molecule has 0 spiro atoms. The molecule has 47 heavy (non-hydrogen) atoms. The third-order valence-corrected chi connectivity index (χ3v) is 7.87. The Bertz CT molecular complexity index is 1520. The van der Waals surface area contributed by atoms with Crippen molar-refractivity contribution >= 4 is 18.1 Å². The fourth-order valence-corrected chi connectivity index (χ4v) is 5.69. The number of anilines is 1. The summed E-state index contributed by atoms with van der Waals surface area (Å²) in [5.41, 5.74) is -0.543. The summed E-state index contributed by atoms with van der Waals surface area (Å²) < 4.78 is 50.7. The van der Waals surface area contributed by atoms with Crippen molar-refractivity contribution in [1.29, 1.82) is 0 Å². The second-order valence-electron chi connectivity index (χ2n) is 13.0. The molecule has 2 fully saturated rings. The highest BCUT2D eigenvalue weighted by Gasteiger charge is 2.35. The van der Waals surface area contributed by atoms with Crippen molar-refractivity contribution in [2.45, 2.75) is 90.1 Å². The number of likely N-dealkylation sites (tertiary alicyclic amines) is 1. The molecule has 2 saturated heterocycles. The number of carbonyl (C=O) groups excluding carboxylic acids is 2. The molecule has 2 aromatic heterocycles. The van der Waals surface area contributed by atoms with Gasteiger partial charge in [0.15, 0.2) is 18.2 Å². The average Bonchev–Trinajstić information content (AvgIpc) is 3.49. The first-order chi connectivity index (χ1) is 22.3. The molecule has 3 aromatic rings. The molecule has 2 aliphatic rings. The zero-order valence-electron chi connectivity index (χ0n) is 27.2. The number of nitrogens with zero attached hydrogens (tertiary/aromatic N) is 6. The lowest BCUT2D eigenvalue weighted by Gasteiger charge is -2.39. The Morgan fingerprint density at radius 2 is 1.81 bits per heavy atom. The van der Waals surface area contributed by atoms with Crippen LogP contribution < -0.4 is 15.0 Å². The third-order valence-electron chi connectivity index (χ3n) is 7.87. The predicted molar refractivity (Wildman–Crippen MR) is 165 cm³/mol. The van der Waals surface area contributed by atoms with Gasteiger partial charge < -0.3 is 33.9 Å². The highest BCUT2D eigenvalue weighted by molar-refractivity contribution is 5.68. The van der Waals surface area contributed by atoms with Crippen LogP contribution in [0.4, 0.5) is 24.3 Å². The van der Waals surface area contributed by atoms with Crippen molar-refractivity contribution in [2.75, 3.05) is 31.1 Å². The Hall–Kier alpha value is -4.56. The molecule has 0 bridgehead atoms. The number of carbonyl (C=O) groups is 2. The zero-order valence-corrected chi connectivity index (χ0v) is 27.2.